The summed E-state index contributed by atoms with van der Waals surface area (Å²) in [6.45, 7) is 7.14. The van der Waals surface area contributed by atoms with Crippen molar-refractivity contribution in [2.45, 2.75) is 39.2 Å². The molecule has 0 aromatic heterocycles. The van der Waals surface area contributed by atoms with Gasteiger partial charge in [-0.2, -0.15) is 5.26 Å². The second kappa shape index (κ2) is 11.3. The molecule has 0 saturated carbocycles. The Hall–Kier alpha value is -2.73. The van der Waals surface area contributed by atoms with Crippen LogP contribution in [0.5, 0.6) is 0 Å². The smallest absolute Gasteiger partial charge is 0.337 e. The summed E-state index contributed by atoms with van der Waals surface area (Å²) in [6, 6.07) is 16.5. The van der Waals surface area contributed by atoms with Crippen LogP contribution in [0.25, 0.3) is 0 Å². The van der Waals surface area contributed by atoms with Crippen LogP contribution < -0.4 is 10.6 Å². The topological polar surface area (TPSA) is 91.2 Å². The molecule has 9 heteroatoms. The van der Waals surface area contributed by atoms with Gasteiger partial charge >= 0.3 is 5.97 Å². The number of thioether (sulfide) groups is 1. The number of carbonyl (C=O) groups excluding carboxylic acids is 2. The SMILES string of the molecule is CC1=C(C(=O)OC(C)(C)C)[C@@H](c2ccc(Cl)cc2)C(C#N)=C(SCC(=O)Nc2ccc(Br)cc2)N1. The largest absolute Gasteiger partial charge is 0.457 e. The molecule has 0 saturated heterocycles. The average Bonchev–Trinajstić information content (AvgIpc) is 2.78. The van der Waals surface area contributed by atoms with Crippen molar-refractivity contribution in [3.05, 3.63) is 85.5 Å². The van der Waals surface area contributed by atoms with E-state index in [0.29, 0.717) is 32.6 Å². The van der Waals surface area contributed by atoms with Crippen LogP contribution in [0.15, 0.2) is 74.9 Å². The molecular formula is C26H25BrClN3O3S. The highest BCUT2D eigenvalue weighted by Gasteiger charge is 2.37. The number of hydrogen-bond donors (Lipinski definition) is 2. The Bertz CT molecular complexity index is 1230. The monoisotopic (exact) mass is 573 g/mol. The standard InChI is InChI=1S/C26H25BrClN3O3S/c1-15-22(25(33)34-26(2,3)4)23(16-5-9-18(28)10-6-16)20(13-29)24(30-15)35-14-21(32)31-19-11-7-17(27)8-12-19/h5-12,23,30H,14H2,1-4H3,(H,31,32)/t23-/m0/s1. The molecule has 2 aromatic carbocycles. The second-order valence-electron chi connectivity index (χ2n) is 8.85. The lowest BCUT2D eigenvalue weighted by Gasteiger charge is -2.31. The van der Waals surface area contributed by atoms with Gasteiger partial charge in [0.2, 0.25) is 5.91 Å². The number of halogens is 2. The van der Waals surface area contributed by atoms with Gasteiger partial charge in [-0.3, -0.25) is 4.79 Å². The number of hydrogen-bond acceptors (Lipinski definition) is 6. The highest BCUT2D eigenvalue weighted by Crippen LogP contribution is 2.41. The number of rotatable bonds is 6. The number of nitriles is 1. The molecule has 1 aliphatic heterocycles. The van der Waals surface area contributed by atoms with E-state index in [1.165, 1.54) is 11.8 Å². The van der Waals surface area contributed by atoms with Gasteiger partial charge in [0.05, 0.1) is 33.9 Å². The number of anilines is 1. The molecule has 2 aromatic rings. The minimum Gasteiger partial charge on any atom is -0.457 e. The zero-order chi connectivity index (χ0) is 25.8. The van der Waals surface area contributed by atoms with Gasteiger partial charge in [0.15, 0.2) is 0 Å². The van der Waals surface area contributed by atoms with Crippen LogP contribution in [-0.4, -0.2) is 23.2 Å². The van der Waals surface area contributed by atoms with Crippen LogP contribution >= 0.6 is 39.3 Å². The maximum atomic E-state index is 13.2. The number of dihydropyridines is 1. The number of benzene rings is 2. The van der Waals surface area contributed by atoms with Crippen molar-refractivity contribution >= 4 is 56.9 Å². The maximum Gasteiger partial charge on any atom is 0.337 e. The van der Waals surface area contributed by atoms with Crippen molar-refractivity contribution < 1.29 is 14.3 Å². The molecule has 3 rings (SSSR count). The molecule has 1 atom stereocenters. The lowest BCUT2D eigenvalue weighted by molar-refractivity contribution is -0.150. The lowest BCUT2D eigenvalue weighted by Crippen LogP contribution is -2.32. The highest BCUT2D eigenvalue weighted by molar-refractivity contribution is 9.10. The van der Waals surface area contributed by atoms with Crippen LogP contribution in [0.4, 0.5) is 5.69 Å². The van der Waals surface area contributed by atoms with Gasteiger partial charge in [0, 0.05) is 20.9 Å². The molecule has 35 heavy (non-hydrogen) atoms. The fourth-order valence-electron chi connectivity index (χ4n) is 3.49. The van der Waals surface area contributed by atoms with Crippen LogP contribution in [0.2, 0.25) is 5.02 Å². The van der Waals surface area contributed by atoms with Gasteiger partial charge in [-0.15, -0.1) is 0 Å². The first-order chi connectivity index (χ1) is 16.5. The Morgan fingerprint density at radius 1 is 1.17 bits per heavy atom. The summed E-state index contributed by atoms with van der Waals surface area (Å²) in [5, 5.41) is 17.2. The van der Waals surface area contributed by atoms with Crippen molar-refractivity contribution in [1.29, 1.82) is 5.26 Å². The van der Waals surface area contributed by atoms with Gasteiger partial charge in [0.1, 0.15) is 5.60 Å². The summed E-state index contributed by atoms with van der Waals surface area (Å²) in [5.41, 5.74) is 1.94. The van der Waals surface area contributed by atoms with Gasteiger partial charge in [0.25, 0.3) is 0 Å². The zero-order valence-corrected chi connectivity index (χ0v) is 22.9. The van der Waals surface area contributed by atoms with Crippen molar-refractivity contribution in [2.24, 2.45) is 0 Å². The van der Waals surface area contributed by atoms with E-state index in [2.05, 4.69) is 32.6 Å². The first-order valence-electron chi connectivity index (χ1n) is 10.8. The normalized spacial score (nSPS) is 15.9. The van der Waals surface area contributed by atoms with Crippen molar-refractivity contribution in [1.82, 2.24) is 5.32 Å². The zero-order valence-electron chi connectivity index (χ0n) is 19.7. The molecule has 0 unspecified atom stereocenters. The van der Waals surface area contributed by atoms with Gasteiger partial charge in [-0.05, 0) is 69.7 Å². The first kappa shape index (κ1) is 26.9. The molecule has 1 amide bonds. The number of esters is 1. The quantitative estimate of drug-likeness (QED) is 0.382. The fraction of sp³-hybridized carbons (Fsp3) is 0.269. The molecule has 1 heterocycles. The molecule has 0 spiro atoms. The van der Waals surface area contributed by atoms with Crippen molar-refractivity contribution in [3.8, 4) is 6.07 Å². The third kappa shape index (κ3) is 7.14. The van der Waals surface area contributed by atoms with Crippen LogP contribution in [0.1, 0.15) is 39.2 Å². The molecule has 2 N–H and O–H groups in total. The minimum atomic E-state index is -0.703. The van der Waals surface area contributed by atoms with E-state index in [0.717, 1.165) is 10.0 Å². The van der Waals surface area contributed by atoms with E-state index in [1.54, 1.807) is 64.1 Å². The van der Waals surface area contributed by atoms with Gasteiger partial charge < -0.3 is 15.4 Å². The van der Waals surface area contributed by atoms with Crippen LogP contribution in [-0.2, 0) is 14.3 Å². The van der Waals surface area contributed by atoms with E-state index in [9.17, 15) is 14.9 Å². The second-order valence-corrected chi connectivity index (χ2v) is 11.2. The molecular weight excluding hydrogens is 550 g/mol. The predicted octanol–water partition coefficient (Wildman–Crippen LogP) is 6.51. The summed E-state index contributed by atoms with van der Waals surface area (Å²) in [7, 11) is 0. The van der Waals surface area contributed by atoms with Crippen LogP contribution in [0, 0.1) is 11.3 Å². The summed E-state index contributed by atoms with van der Waals surface area (Å²) in [5.74, 6) is -1.31. The summed E-state index contributed by atoms with van der Waals surface area (Å²) in [4.78, 5) is 25.7. The number of ether oxygens (including phenoxy) is 1. The number of carbonyl (C=O) groups is 2. The van der Waals surface area contributed by atoms with E-state index in [1.807, 2.05) is 12.1 Å². The molecule has 0 bridgehead atoms. The Balaban J connectivity index is 1.91. The van der Waals surface area contributed by atoms with Gasteiger partial charge in [-0.1, -0.05) is 51.4 Å². The van der Waals surface area contributed by atoms with E-state index < -0.39 is 17.5 Å². The third-order valence-corrected chi connectivity index (χ3v) is 6.74. The Labute approximate surface area is 222 Å². The minimum absolute atomic E-state index is 0.0754. The van der Waals surface area contributed by atoms with E-state index >= 15 is 0 Å². The maximum absolute atomic E-state index is 13.2. The van der Waals surface area contributed by atoms with Crippen molar-refractivity contribution in [3.63, 3.8) is 0 Å². The highest BCUT2D eigenvalue weighted by atomic mass is 79.9. The molecule has 182 valence electrons. The molecule has 0 aliphatic carbocycles. The molecule has 6 nitrogen and oxygen atoms in total. The lowest BCUT2D eigenvalue weighted by atomic mass is 9.82. The molecule has 1 aliphatic rings. The summed E-state index contributed by atoms with van der Waals surface area (Å²) in [6.07, 6.45) is 0. The Morgan fingerprint density at radius 2 is 1.80 bits per heavy atom. The first-order valence-corrected chi connectivity index (χ1v) is 12.9. The number of amides is 1. The Kier molecular flexibility index (Phi) is 8.70. The summed E-state index contributed by atoms with van der Waals surface area (Å²) >= 11 is 10.7. The number of allylic oxidation sites excluding steroid dienone is 2. The van der Waals surface area contributed by atoms with Crippen molar-refractivity contribution in [2.75, 3.05) is 11.1 Å². The Morgan fingerprint density at radius 3 is 2.37 bits per heavy atom. The predicted molar refractivity (Wildman–Crippen MR) is 144 cm³/mol. The third-order valence-electron chi connectivity index (χ3n) is 4.95. The fourth-order valence-corrected chi connectivity index (χ4v) is 4.77. The van der Waals surface area contributed by atoms with Gasteiger partial charge in [-0.25, -0.2) is 4.79 Å². The average molecular weight is 575 g/mol. The molecule has 0 radical (unpaired) electrons. The number of nitrogens with one attached hydrogen (secondary N) is 2. The van der Waals surface area contributed by atoms with Crippen LogP contribution in [0.3, 0.4) is 0 Å². The molecule has 0 fully saturated rings. The van der Waals surface area contributed by atoms with E-state index in [4.69, 9.17) is 16.3 Å². The van der Waals surface area contributed by atoms with E-state index in [-0.39, 0.29) is 11.7 Å². The summed E-state index contributed by atoms with van der Waals surface area (Å²) < 4.78 is 6.57. The number of nitrogens with zero attached hydrogens (tertiary/aromatic N) is 1.